The van der Waals surface area contributed by atoms with Crippen LogP contribution >= 0.6 is 0 Å². The number of carbonyl (C=O) groups excluding carboxylic acids is 1. The normalized spacial score (nSPS) is 14.7. The summed E-state index contributed by atoms with van der Waals surface area (Å²) in [6, 6.07) is 9.30. The summed E-state index contributed by atoms with van der Waals surface area (Å²) in [7, 11) is 0. The molecule has 1 fully saturated rings. The maximum absolute atomic E-state index is 12.5. The van der Waals surface area contributed by atoms with E-state index in [2.05, 4.69) is 9.97 Å². The topological polar surface area (TPSA) is 55.3 Å². The maximum Gasteiger partial charge on any atom is 0.322 e. The molecule has 22 heavy (non-hydrogen) atoms. The van der Waals surface area contributed by atoms with Crippen LogP contribution in [0.2, 0.25) is 0 Å². The van der Waals surface area contributed by atoms with Crippen LogP contribution in [0.1, 0.15) is 35.3 Å². The number of likely N-dealkylation sites (tertiary alicyclic amines) is 1. The monoisotopic (exact) mass is 297 g/mol. The predicted molar refractivity (Wildman–Crippen MR) is 83.0 cm³/mol. The Hall–Kier alpha value is -2.43. The van der Waals surface area contributed by atoms with Gasteiger partial charge in [0.05, 0.1) is 0 Å². The molecule has 2 heterocycles. The lowest BCUT2D eigenvalue weighted by Gasteiger charge is -2.26. The van der Waals surface area contributed by atoms with Gasteiger partial charge in [-0.2, -0.15) is 0 Å². The van der Waals surface area contributed by atoms with E-state index in [-0.39, 0.29) is 5.91 Å². The number of benzene rings is 1. The molecule has 5 nitrogen and oxygen atoms in total. The van der Waals surface area contributed by atoms with Crippen LogP contribution in [0.3, 0.4) is 0 Å². The second-order valence-corrected chi connectivity index (χ2v) is 5.46. The van der Waals surface area contributed by atoms with Gasteiger partial charge in [-0.25, -0.2) is 9.97 Å². The van der Waals surface area contributed by atoms with Gasteiger partial charge >= 0.3 is 6.01 Å². The minimum absolute atomic E-state index is 0.0651. The van der Waals surface area contributed by atoms with E-state index < -0.39 is 0 Å². The Kier molecular flexibility index (Phi) is 4.32. The lowest BCUT2D eigenvalue weighted by Crippen LogP contribution is -2.35. The third kappa shape index (κ3) is 3.42. The van der Waals surface area contributed by atoms with E-state index in [0.29, 0.717) is 17.3 Å². The Balaban J connectivity index is 1.75. The number of ether oxygens (including phenoxy) is 1. The second kappa shape index (κ2) is 6.56. The number of aryl methyl sites for hydroxylation is 1. The Bertz CT molecular complexity index is 666. The number of hydrogen-bond donors (Lipinski definition) is 0. The number of piperidine rings is 1. The number of nitrogens with zero attached hydrogens (tertiary/aromatic N) is 3. The van der Waals surface area contributed by atoms with E-state index in [1.54, 1.807) is 18.3 Å². The molecule has 0 radical (unpaired) electrons. The molecule has 0 spiro atoms. The molecular formula is C17H19N3O2. The Morgan fingerprint density at radius 1 is 1.18 bits per heavy atom. The zero-order chi connectivity index (χ0) is 15.4. The van der Waals surface area contributed by atoms with Crippen LogP contribution in [0.25, 0.3) is 0 Å². The average molecular weight is 297 g/mol. The number of carbonyl (C=O) groups is 1. The van der Waals surface area contributed by atoms with E-state index in [9.17, 15) is 4.79 Å². The van der Waals surface area contributed by atoms with Gasteiger partial charge in [-0.3, -0.25) is 4.79 Å². The van der Waals surface area contributed by atoms with Gasteiger partial charge in [-0.15, -0.1) is 0 Å². The molecule has 3 rings (SSSR count). The molecule has 1 saturated heterocycles. The van der Waals surface area contributed by atoms with Gasteiger partial charge in [0.15, 0.2) is 0 Å². The smallest absolute Gasteiger partial charge is 0.322 e. The third-order valence-corrected chi connectivity index (χ3v) is 3.71. The molecule has 0 aliphatic carbocycles. The molecule has 1 aromatic heterocycles. The molecular weight excluding hydrogens is 278 g/mol. The van der Waals surface area contributed by atoms with Crippen LogP contribution in [0.4, 0.5) is 0 Å². The fourth-order valence-electron chi connectivity index (χ4n) is 2.55. The van der Waals surface area contributed by atoms with E-state index in [0.717, 1.165) is 31.6 Å². The van der Waals surface area contributed by atoms with Crippen LogP contribution in [-0.2, 0) is 0 Å². The fourth-order valence-corrected chi connectivity index (χ4v) is 2.55. The van der Waals surface area contributed by atoms with Crippen molar-refractivity contribution in [3.63, 3.8) is 0 Å². The first-order chi connectivity index (χ1) is 10.7. The summed E-state index contributed by atoms with van der Waals surface area (Å²) in [5.41, 5.74) is 1.48. The van der Waals surface area contributed by atoms with Crippen molar-refractivity contribution >= 4 is 5.91 Å². The van der Waals surface area contributed by atoms with E-state index >= 15 is 0 Å². The fraction of sp³-hybridized carbons (Fsp3) is 0.353. The Morgan fingerprint density at radius 2 is 2.00 bits per heavy atom. The Labute approximate surface area is 130 Å². The van der Waals surface area contributed by atoms with Crippen molar-refractivity contribution in [1.29, 1.82) is 0 Å². The van der Waals surface area contributed by atoms with Crippen molar-refractivity contribution in [2.45, 2.75) is 26.2 Å². The van der Waals surface area contributed by atoms with E-state index in [1.807, 2.05) is 30.0 Å². The third-order valence-electron chi connectivity index (χ3n) is 3.71. The number of hydrogen-bond acceptors (Lipinski definition) is 4. The van der Waals surface area contributed by atoms with E-state index in [1.165, 1.54) is 6.42 Å². The zero-order valence-electron chi connectivity index (χ0n) is 12.7. The van der Waals surface area contributed by atoms with Crippen molar-refractivity contribution in [3.8, 4) is 11.8 Å². The SMILES string of the molecule is Cc1ccnc(Oc2cccc(C(=O)N3CCCCC3)c2)n1. The van der Waals surface area contributed by atoms with Crippen LogP contribution in [0, 0.1) is 6.92 Å². The highest BCUT2D eigenvalue weighted by molar-refractivity contribution is 5.94. The maximum atomic E-state index is 12.5. The first kappa shape index (κ1) is 14.5. The molecule has 0 atom stereocenters. The van der Waals surface area contributed by atoms with Crippen molar-refractivity contribution in [2.75, 3.05) is 13.1 Å². The summed E-state index contributed by atoms with van der Waals surface area (Å²) in [6.07, 6.45) is 5.02. The molecule has 5 heteroatoms. The first-order valence-electron chi connectivity index (χ1n) is 7.59. The molecule has 0 N–H and O–H groups in total. The standard InChI is InChI=1S/C17H19N3O2/c1-13-8-9-18-17(19-13)22-15-7-5-6-14(12-15)16(21)20-10-3-2-4-11-20/h5-9,12H,2-4,10-11H2,1H3. The summed E-state index contributed by atoms with van der Waals surface area (Å²) >= 11 is 0. The van der Waals surface area contributed by atoms with Gasteiger partial charge in [0.25, 0.3) is 5.91 Å². The molecule has 0 bridgehead atoms. The minimum atomic E-state index is 0.0651. The highest BCUT2D eigenvalue weighted by Gasteiger charge is 2.18. The summed E-state index contributed by atoms with van der Waals surface area (Å²) in [5, 5.41) is 0. The van der Waals surface area contributed by atoms with Crippen molar-refractivity contribution < 1.29 is 9.53 Å². The average Bonchev–Trinajstić information content (AvgIpc) is 2.55. The Morgan fingerprint density at radius 3 is 2.77 bits per heavy atom. The van der Waals surface area contributed by atoms with Crippen LogP contribution in [-0.4, -0.2) is 33.9 Å². The molecule has 2 aromatic rings. The van der Waals surface area contributed by atoms with E-state index in [4.69, 9.17) is 4.74 Å². The molecule has 1 amide bonds. The van der Waals surface area contributed by atoms with Crippen molar-refractivity contribution in [2.24, 2.45) is 0 Å². The molecule has 1 aliphatic rings. The summed E-state index contributed by atoms with van der Waals surface area (Å²) in [6.45, 7) is 3.56. The number of aromatic nitrogens is 2. The van der Waals surface area contributed by atoms with Crippen LogP contribution < -0.4 is 4.74 Å². The van der Waals surface area contributed by atoms with Gasteiger partial charge in [0.2, 0.25) is 0 Å². The molecule has 1 aliphatic heterocycles. The molecule has 0 unspecified atom stereocenters. The van der Waals surface area contributed by atoms with Crippen LogP contribution in [0.5, 0.6) is 11.8 Å². The van der Waals surface area contributed by atoms with Gasteiger partial charge in [-0.05, 0) is 50.5 Å². The first-order valence-corrected chi connectivity index (χ1v) is 7.59. The lowest BCUT2D eigenvalue weighted by molar-refractivity contribution is 0.0724. The number of amides is 1. The summed E-state index contributed by atoms with van der Waals surface area (Å²) in [5.74, 6) is 0.642. The van der Waals surface area contributed by atoms with Gasteiger partial charge in [-0.1, -0.05) is 6.07 Å². The minimum Gasteiger partial charge on any atom is -0.424 e. The van der Waals surface area contributed by atoms with Gasteiger partial charge in [0.1, 0.15) is 5.75 Å². The van der Waals surface area contributed by atoms with Crippen LogP contribution in [0.15, 0.2) is 36.5 Å². The molecule has 114 valence electrons. The highest BCUT2D eigenvalue weighted by Crippen LogP contribution is 2.21. The molecule has 1 aromatic carbocycles. The van der Waals surface area contributed by atoms with Crippen molar-refractivity contribution in [1.82, 2.24) is 14.9 Å². The zero-order valence-corrected chi connectivity index (χ0v) is 12.7. The predicted octanol–water partition coefficient (Wildman–Crippen LogP) is 3.20. The largest absolute Gasteiger partial charge is 0.424 e. The molecule has 0 saturated carbocycles. The lowest BCUT2D eigenvalue weighted by atomic mass is 10.1. The quantitative estimate of drug-likeness (QED) is 0.873. The van der Waals surface area contributed by atoms with Crippen molar-refractivity contribution in [3.05, 3.63) is 47.8 Å². The number of rotatable bonds is 3. The summed E-state index contributed by atoms with van der Waals surface area (Å²) in [4.78, 5) is 22.7. The highest BCUT2D eigenvalue weighted by atomic mass is 16.5. The second-order valence-electron chi connectivity index (χ2n) is 5.46. The van der Waals surface area contributed by atoms with Gasteiger partial charge in [0, 0.05) is 30.5 Å². The van der Waals surface area contributed by atoms with Gasteiger partial charge < -0.3 is 9.64 Å². The summed E-state index contributed by atoms with van der Waals surface area (Å²) < 4.78 is 5.64.